The van der Waals surface area contributed by atoms with Crippen molar-refractivity contribution in [2.45, 2.75) is 40.5 Å². The standard InChI is InChI=1S/C14H22N2OS/c1-10(2)15-11(3)14(18-13(5)17)12(4)16-8-6-7-9-16/h4,6-9H2,1-3,5H3/b14-11+. The summed E-state index contributed by atoms with van der Waals surface area (Å²) in [5.74, 6) is 0. The summed E-state index contributed by atoms with van der Waals surface area (Å²) in [6.07, 6.45) is 2.40. The van der Waals surface area contributed by atoms with Gasteiger partial charge in [0.2, 0.25) is 0 Å². The molecule has 100 valence electrons. The fourth-order valence-corrected chi connectivity index (χ4v) is 2.73. The van der Waals surface area contributed by atoms with Crippen LogP contribution in [-0.4, -0.2) is 28.8 Å². The number of hydrogen-bond acceptors (Lipinski definition) is 4. The molecule has 0 saturated carbocycles. The molecule has 1 aliphatic rings. The number of aliphatic imine (C=N–C) groups is 1. The van der Waals surface area contributed by atoms with Crippen molar-refractivity contribution in [3.63, 3.8) is 0 Å². The lowest BCUT2D eigenvalue weighted by Crippen LogP contribution is -2.19. The van der Waals surface area contributed by atoms with E-state index < -0.39 is 0 Å². The van der Waals surface area contributed by atoms with Gasteiger partial charge < -0.3 is 4.90 Å². The molecule has 0 unspecified atom stereocenters. The van der Waals surface area contributed by atoms with E-state index in [9.17, 15) is 4.79 Å². The molecular weight excluding hydrogens is 244 g/mol. The second kappa shape index (κ2) is 6.78. The van der Waals surface area contributed by atoms with Crippen molar-refractivity contribution < 1.29 is 4.79 Å². The van der Waals surface area contributed by atoms with Crippen molar-refractivity contribution in [3.8, 4) is 0 Å². The number of likely N-dealkylation sites (tertiary alicyclic amines) is 1. The van der Waals surface area contributed by atoms with E-state index in [1.807, 2.05) is 20.8 Å². The van der Waals surface area contributed by atoms with Gasteiger partial charge in [0.25, 0.3) is 0 Å². The Morgan fingerprint density at radius 2 is 1.72 bits per heavy atom. The van der Waals surface area contributed by atoms with Crippen molar-refractivity contribution in [2.75, 3.05) is 13.1 Å². The van der Waals surface area contributed by atoms with Crippen molar-refractivity contribution in [1.82, 2.24) is 4.90 Å². The largest absolute Gasteiger partial charge is 0.371 e. The van der Waals surface area contributed by atoms with Gasteiger partial charge in [-0.15, -0.1) is 0 Å². The van der Waals surface area contributed by atoms with E-state index in [0.29, 0.717) is 0 Å². The number of allylic oxidation sites excluding steroid dienone is 1. The molecule has 4 heteroatoms. The molecule has 1 fully saturated rings. The van der Waals surface area contributed by atoms with Crippen molar-refractivity contribution >= 4 is 22.6 Å². The molecule has 0 N–H and O–H groups in total. The van der Waals surface area contributed by atoms with E-state index in [4.69, 9.17) is 0 Å². The number of rotatable bonds is 4. The third-order valence-corrected chi connectivity index (χ3v) is 3.74. The Kier molecular flexibility index (Phi) is 5.66. The number of carbonyl (C=O) groups is 1. The van der Waals surface area contributed by atoms with Crippen LogP contribution in [0.5, 0.6) is 0 Å². The lowest BCUT2D eigenvalue weighted by atomic mass is 10.3. The summed E-state index contributed by atoms with van der Waals surface area (Å²) in [6.45, 7) is 13.6. The first-order valence-corrected chi connectivity index (χ1v) is 7.09. The summed E-state index contributed by atoms with van der Waals surface area (Å²) in [7, 11) is 0. The fraction of sp³-hybridized carbons (Fsp3) is 0.571. The van der Waals surface area contributed by atoms with Gasteiger partial charge in [0.05, 0.1) is 10.6 Å². The topological polar surface area (TPSA) is 32.7 Å². The van der Waals surface area contributed by atoms with Crippen LogP contribution in [-0.2, 0) is 4.79 Å². The molecule has 0 spiro atoms. The summed E-state index contributed by atoms with van der Waals surface area (Å²) in [5.41, 5.74) is 2.81. The quantitative estimate of drug-likeness (QED) is 0.576. The van der Waals surface area contributed by atoms with E-state index >= 15 is 0 Å². The molecule has 1 rings (SSSR count). The lowest BCUT2D eigenvalue weighted by molar-refractivity contribution is -0.109. The summed E-state index contributed by atoms with van der Waals surface area (Å²) in [4.78, 5) is 19.0. The Hall–Kier alpha value is -1.03. The molecule has 0 aromatic rings. The van der Waals surface area contributed by atoms with E-state index in [2.05, 4.69) is 16.5 Å². The molecule has 0 bridgehead atoms. The van der Waals surface area contributed by atoms with E-state index in [-0.39, 0.29) is 5.12 Å². The molecule has 1 aliphatic heterocycles. The SMILES string of the molecule is C=C(/C(SC(C)=O)=C(/C)N=C(C)C)N1CCCC1. The third kappa shape index (κ3) is 4.33. The van der Waals surface area contributed by atoms with Crippen LogP contribution in [0.2, 0.25) is 0 Å². The van der Waals surface area contributed by atoms with Crippen LogP contribution in [0, 0.1) is 0 Å². The molecule has 1 saturated heterocycles. The van der Waals surface area contributed by atoms with E-state index in [1.165, 1.54) is 24.6 Å². The highest BCUT2D eigenvalue weighted by molar-refractivity contribution is 8.17. The average Bonchev–Trinajstić information content (AvgIpc) is 2.76. The first-order valence-electron chi connectivity index (χ1n) is 6.27. The maximum absolute atomic E-state index is 11.4. The van der Waals surface area contributed by atoms with Crippen LogP contribution in [0.4, 0.5) is 0 Å². The van der Waals surface area contributed by atoms with Gasteiger partial charge in [-0.25, -0.2) is 0 Å². The molecule has 1 heterocycles. The zero-order chi connectivity index (χ0) is 13.7. The van der Waals surface area contributed by atoms with E-state index in [0.717, 1.165) is 35.1 Å². The summed E-state index contributed by atoms with van der Waals surface area (Å²) >= 11 is 1.24. The fourth-order valence-electron chi connectivity index (χ4n) is 2.00. The molecule has 0 amide bonds. The molecule has 0 aromatic carbocycles. The highest BCUT2D eigenvalue weighted by Crippen LogP contribution is 2.31. The number of hydrogen-bond donors (Lipinski definition) is 0. The van der Waals surface area contributed by atoms with Crippen LogP contribution in [0.3, 0.4) is 0 Å². The smallest absolute Gasteiger partial charge is 0.190 e. The average molecular weight is 266 g/mol. The maximum Gasteiger partial charge on any atom is 0.190 e. The predicted octanol–water partition coefficient (Wildman–Crippen LogP) is 3.59. The molecule has 0 aliphatic carbocycles. The molecule has 18 heavy (non-hydrogen) atoms. The van der Waals surface area contributed by atoms with Crippen LogP contribution < -0.4 is 0 Å². The van der Waals surface area contributed by atoms with Crippen LogP contribution in [0.25, 0.3) is 0 Å². The van der Waals surface area contributed by atoms with Gasteiger partial charge in [0.15, 0.2) is 5.12 Å². The normalized spacial score (nSPS) is 16.3. The summed E-state index contributed by atoms with van der Waals surface area (Å²) in [5, 5.41) is 0.0775. The second-order valence-corrected chi connectivity index (χ2v) is 5.90. The predicted molar refractivity (Wildman–Crippen MR) is 79.7 cm³/mol. The number of nitrogens with zero attached hydrogens (tertiary/aromatic N) is 2. The van der Waals surface area contributed by atoms with Crippen molar-refractivity contribution in [1.29, 1.82) is 0 Å². The Balaban J connectivity index is 3.00. The Morgan fingerprint density at radius 1 is 1.17 bits per heavy atom. The minimum Gasteiger partial charge on any atom is -0.371 e. The van der Waals surface area contributed by atoms with Crippen LogP contribution >= 0.6 is 11.8 Å². The molecule has 0 aromatic heterocycles. The number of carbonyl (C=O) groups excluding carboxylic acids is 1. The number of thioether (sulfide) groups is 1. The minimum absolute atomic E-state index is 0.0775. The Morgan fingerprint density at radius 3 is 2.17 bits per heavy atom. The second-order valence-electron chi connectivity index (χ2n) is 4.71. The molecule has 0 radical (unpaired) electrons. The summed E-state index contributed by atoms with van der Waals surface area (Å²) < 4.78 is 0. The Labute approximate surface area is 114 Å². The molecular formula is C14H22N2OS. The zero-order valence-corrected chi connectivity index (χ0v) is 12.6. The zero-order valence-electron chi connectivity index (χ0n) is 11.7. The lowest BCUT2D eigenvalue weighted by Gasteiger charge is -2.22. The maximum atomic E-state index is 11.4. The minimum atomic E-state index is 0.0775. The van der Waals surface area contributed by atoms with Crippen molar-refractivity contribution in [3.05, 3.63) is 22.9 Å². The monoisotopic (exact) mass is 266 g/mol. The van der Waals surface area contributed by atoms with Crippen LogP contribution in [0.1, 0.15) is 40.5 Å². The highest BCUT2D eigenvalue weighted by Gasteiger charge is 2.19. The van der Waals surface area contributed by atoms with Gasteiger partial charge in [-0.05, 0) is 45.4 Å². The van der Waals surface area contributed by atoms with E-state index in [1.54, 1.807) is 6.92 Å². The van der Waals surface area contributed by atoms with Gasteiger partial charge in [-0.1, -0.05) is 6.58 Å². The first kappa shape index (κ1) is 15.0. The highest BCUT2D eigenvalue weighted by atomic mass is 32.2. The van der Waals surface area contributed by atoms with Crippen LogP contribution in [0.15, 0.2) is 27.9 Å². The molecule has 0 atom stereocenters. The van der Waals surface area contributed by atoms with Crippen molar-refractivity contribution in [2.24, 2.45) is 4.99 Å². The van der Waals surface area contributed by atoms with Gasteiger partial charge >= 0.3 is 0 Å². The third-order valence-electron chi connectivity index (χ3n) is 2.72. The molecule has 3 nitrogen and oxygen atoms in total. The van der Waals surface area contributed by atoms with Gasteiger partial charge in [0.1, 0.15) is 0 Å². The van der Waals surface area contributed by atoms with Gasteiger partial charge in [-0.3, -0.25) is 9.79 Å². The van der Waals surface area contributed by atoms with Gasteiger partial charge in [0, 0.05) is 31.4 Å². The van der Waals surface area contributed by atoms with Gasteiger partial charge in [-0.2, -0.15) is 0 Å². The summed E-state index contributed by atoms with van der Waals surface area (Å²) in [6, 6.07) is 0. The Bertz CT molecular complexity index is 400. The first-order chi connectivity index (χ1) is 8.41.